The van der Waals surface area contributed by atoms with Crippen LogP contribution in [0.5, 0.6) is 0 Å². The molecule has 0 atom stereocenters. The zero-order valence-electron chi connectivity index (χ0n) is 3.38. The Kier molecular flexibility index (Phi) is 14.1. The molecule has 0 rings (SSSR count). The number of hydrogen-bond acceptors (Lipinski definition) is 2. The molecular weight excluding hydrogens is 124 g/mol. The molecule has 0 aliphatic heterocycles. The van der Waals surface area contributed by atoms with Crippen LogP contribution in [0.4, 0.5) is 0 Å². The summed E-state index contributed by atoms with van der Waals surface area (Å²) in [5, 5.41) is 0. The summed E-state index contributed by atoms with van der Waals surface area (Å²) in [4.78, 5) is 9.15. The molecule has 0 saturated heterocycles. The molecule has 0 N–H and O–H groups in total. The zero-order valence-corrected chi connectivity index (χ0v) is 4.48. The van der Waals surface area contributed by atoms with E-state index < -0.39 is 0 Å². The fourth-order valence-electron chi connectivity index (χ4n) is 0.0589. The third-order valence-corrected chi connectivity index (χ3v) is 0.203. The van der Waals surface area contributed by atoms with Crippen molar-refractivity contribution in [3.63, 3.8) is 0 Å². The molecule has 0 amide bonds. The smallest absolute Gasteiger partial charge is 0.0322 e. The molecule has 0 spiro atoms. The first-order chi connectivity index (χ1) is 2.41. The molecule has 0 aromatic rings. The maximum absolute atomic E-state index is 9.15. The molecule has 38 valence electrons. The van der Waals surface area contributed by atoms with E-state index in [-0.39, 0.29) is 23.7 Å². The van der Waals surface area contributed by atoms with Crippen LogP contribution < -0.4 is 0 Å². The molecule has 3 heteroatoms. The third kappa shape index (κ3) is 8.91. The van der Waals surface area contributed by atoms with E-state index in [9.17, 15) is 0 Å². The predicted octanol–water partition coefficient (Wildman–Crippen LogP) is -0.260. The van der Waals surface area contributed by atoms with Gasteiger partial charge in [0.25, 0.3) is 0 Å². The van der Waals surface area contributed by atoms with Crippen LogP contribution in [0.1, 0.15) is 0 Å². The summed E-state index contributed by atoms with van der Waals surface area (Å²) in [5.74, 6) is 0. The minimum Gasteiger partial charge on any atom is -0.540 e. The van der Waals surface area contributed by atoms with E-state index >= 15 is 0 Å². The van der Waals surface area contributed by atoms with Crippen LogP contribution in [0.25, 0.3) is 0 Å². The summed E-state index contributed by atoms with van der Waals surface area (Å²) in [6.07, 6.45) is 1.55. The molecule has 2 nitrogen and oxygen atoms in total. The Hall–Kier alpha value is 0.149. The Morgan fingerprint density at radius 2 is 2.33 bits per heavy atom. The first-order valence-electron chi connectivity index (χ1n) is 1.25. The third-order valence-electron chi connectivity index (χ3n) is 0.203. The Morgan fingerprint density at radius 3 is 2.33 bits per heavy atom. The summed E-state index contributed by atoms with van der Waals surface area (Å²) in [6, 6.07) is 0. The minimum absolute atomic E-state index is 0. The van der Waals surface area contributed by atoms with E-state index in [1.165, 1.54) is 7.11 Å². The Labute approximate surface area is 47.3 Å². The molecule has 0 radical (unpaired) electrons. The van der Waals surface area contributed by atoms with Gasteiger partial charge >= 0.3 is 0 Å². The largest absolute Gasteiger partial charge is 0.540 e. The molecule has 0 aromatic carbocycles. The van der Waals surface area contributed by atoms with Crippen molar-refractivity contribution < 1.29 is 26.6 Å². The topological polar surface area (TPSA) is 26.3 Å². The van der Waals surface area contributed by atoms with Gasteiger partial charge in [-0.1, -0.05) is 0 Å². The van der Waals surface area contributed by atoms with Gasteiger partial charge in [0.1, 0.15) is 0 Å². The van der Waals surface area contributed by atoms with Crippen molar-refractivity contribution in [2.45, 2.75) is 0 Å². The molecule has 0 saturated carbocycles. The predicted molar refractivity (Wildman–Crippen MR) is 17.6 cm³/mol. The van der Waals surface area contributed by atoms with Crippen LogP contribution in [0, 0.1) is 0 Å². The van der Waals surface area contributed by atoms with Gasteiger partial charge in [0, 0.05) is 24.2 Å². The van der Waals surface area contributed by atoms with Gasteiger partial charge in [-0.25, -0.2) is 6.29 Å². The average Bonchev–Trinajstić information content (AvgIpc) is 1.41. The van der Waals surface area contributed by atoms with Gasteiger partial charge in [-0.2, -0.15) is 0 Å². The standard InChI is InChI=1S/C3H5O2.Fe/c1-5-3-2-4;/h3H2,1H3;/q-1;. The Balaban J connectivity index is 0. The average molecular weight is 129 g/mol. The van der Waals surface area contributed by atoms with E-state index in [1.807, 2.05) is 0 Å². The second kappa shape index (κ2) is 8.94. The number of ether oxygens (including phenoxy) is 1. The molecule has 0 heterocycles. The van der Waals surface area contributed by atoms with E-state index in [0.717, 1.165) is 0 Å². The van der Waals surface area contributed by atoms with Crippen LogP contribution in [-0.4, -0.2) is 20.0 Å². The van der Waals surface area contributed by atoms with Crippen molar-refractivity contribution in [3.8, 4) is 0 Å². The zero-order chi connectivity index (χ0) is 4.12. The van der Waals surface area contributed by atoms with Crippen molar-refractivity contribution in [1.29, 1.82) is 0 Å². The second-order valence-electron chi connectivity index (χ2n) is 0.577. The van der Waals surface area contributed by atoms with Crippen molar-refractivity contribution >= 4 is 6.29 Å². The molecule has 0 aromatic heterocycles. The summed E-state index contributed by atoms with van der Waals surface area (Å²) >= 11 is 0. The van der Waals surface area contributed by atoms with Gasteiger partial charge in [-0.3, -0.25) is 0 Å². The molecular formula is C3H5FeO2-. The first-order valence-corrected chi connectivity index (χ1v) is 1.25. The van der Waals surface area contributed by atoms with Crippen LogP contribution in [0.2, 0.25) is 0 Å². The Bertz CT molecular complexity index is 30.0. The van der Waals surface area contributed by atoms with Crippen molar-refractivity contribution in [2.24, 2.45) is 0 Å². The van der Waals surface area contributed by atoms with Crippen LogP contribution >= 0.6 is 0 Å². The molecule has 0 aliphatic carbocycles. The fourth-order valence-corrected chi connectivity index (χ4v) is 0.0589. The van der Waals surface area contributed by atoms with Crippen LogP contribution in [-0.2, 0) is 26.6 Å². The van der Waals surface area contributed by atoms with Gasteiger partial charge in [-0.05, 0) is 6.61 Å². The fraction of sp³-hybridized carbons (Fsp3) is 0.667. The summed E-state index contributed by atoms with van der Waals surface area (Å²) in [5.41, 5.74) is 0. The number of carbonyl (C=O) groups excluding carboxylic acids is 1. The van der Waals surface area contributed by atoms with E-state index in [2.05, 4.69) is 4.74 Å². The molecule has 0 bridgehead atoms. The molecule has 6 heavy (non-hydrogen) atoms. The monoisotopic (exact) mass is 129 g/mol. The van der Waals surface area contributed by atoms with Crippen LogP contribution in [0.3, 0.4) is 0 Å². The quantitative estimate of drug-likeness (QED) is 0.379. The normalized spacial score (nSPS) is 6.17. The summed E-state index contributed by atoms with van der Waals surface area (Å²) in [6.45, 7) is 0.0833. The van der Waals surface area contributed by atoms with Gasteiger partial charge in [0.05, 0.1) is 0 Å². The van der Waals surface area contributed by atoms with Gasteiger partial charge in [0.15, 0.2) is 0 Å². The van der Waals surface area contributed by atoms with E-state index in [1.54, 1.807) is 6.29 Å². The Morgan fingerprint density at radius 1 is 1.83 bits per heavy atom. The van der Waals surface area contributed by atoms with Gasteiger partial charge in [-0.15, -0.1) is 0 Å². The van der Waals surface area contributed by atoms with E-state index in [0.29, 0.717) is 0 Å². The van der Waals surface area contributed by atoms with Crippen molar-refractivity contribution in [1.82, 2.24) is 0 Å². The SMILES string of the molecule is COC[C-]=O.[Fe]. The van der Waals surface area contributed by atoms with E-state index in [4.69, 9.17) is 4.79 Å². The number of methoxy groups -OCH3 is 1. The first kappa shape index (κ1) is 9.47. The number of rotatable bonds is 2. The maximum atomic E-state index is 9.15. The van der Waals surface area contributed by atoms with Crippen LogP contribution in [0.15, 0.2) is 0 Å². The maximum Gasteiger partial charge on any atom is 0.0322 e. The number of hydrogen-bond donors (Lipinski definition) is 0. The molecule has 0 fully saturated rings. The van der Waals surface area contributed by atoms with Gasteiger partial charge < -0.3 is 9.53 Å². The van der Waals surface area contributed by atoms with Gasteiger partial charge in [0.2, 0.25) is 0 Å². The summed E-state index contributed by atoms with van der Waals surface area (Å²) in [7, 11) is 1.45. The second-order valence-corrected chi connectivity index (χ2v) is 0.577. The molecule has 0 aliphatic rings. The molecule has 0 unspecified atom stereocenters. The van der Waals surface area contributed by atoms with Crippen molar-refractivity contribution in [2.75, 3.05) is 13.7 Å². The summed E-state index contributed by atoms with van der Waals surface area (Å²) < 4.78 is 4.27. The minimum atomic E-state index is 0. The van der Waals surface area contributed by atoms with Crippen molar-refractivity contribution in [3.05, 3.63) is 0 Å².